The van der Waals surface area contributed by atoms with Gasteiger partial charge >= 0.3 is 6.18 Å². The molecule has 0 bridgehead atoms. The highest BCUT2D eigenvalue weighted by molar-refractivity contribution is 8.13. The molecule has 1 heterocycles. The predicted molar refractivity (Wildman–Crippen MR) is 47.3 cm³/mol. The van der Waals surface area contributed by atoms with Crippen molar-refractivity contribution in [3.63, 3.8) is 0 Å². The van der Waals surface area contributed by atoms with Gasteiger partial charge in [-0.1, -0.05) is 11.6 Å². The molecular weight excluding hydrogens is 278 g/mol. The molecule has 1 aromatic heterocycles. The van der Waals surface area contributed by atoms with E-state index in [4.69, 9.17) is 22.3 Å². The molecule has 84 valence electrons. The van der Waals surface area contributed by atoms with Crippen molar-refractivity contribution >= 4 is 31.3 Å². The van der Waals surface area contributed by atoms with E-state index in [-0.39, 0.29) is 0 Å². The van der Waals surface area contributed by atoms with E-state index < -0.39 is 31.0 Å². The highest BCUT2D eigenvalue weighted by Gasteiger charge is 2.34. The minimum absolute atomic E-state index is 0.314. The zero-order chi connectivity index (χ0) is 11.9. The zero-order valence-corrected chi connectivity index (χ0v) is 9.04. The summed E-state index contributed by atoms with van der Waals surface area (Å²) in [4.78, 5) is 2.20. The predicted octanol–water partition coefficient (Wildman–Crippen LogP) is 2.68. The van der Waals surface area contributed by atoms with Gasteiger partial charge in [0.2, 0.25) is 0 Å². The van der Waals surface area contributed by atoms with Crippen molar-refractivity contribution in [1.29, 1.82) is 0 Å². The van der Waals surface area contributed by atoms with Crippen LogP contribution in [0.4, 0.5) is 13.2 Å². The van der Waals surface area contributed by atoms with Crippen LogP contribution in [0.2, 0.25) is 5.15 Å². The van der Waals surface area contributed by atoms with Crippen molar-refractivity contribution in [3.05, 3.63) is 23.0 Å². The van der Waals surface area contributed by atoms with Crippen LogP contribution in [0.5, 0.6) is 0 Å². The van der Waals surface area contributed by atoms with E-state index in [9.17, 15) is 21.6 Å². The molecule has 0 aromatic carbocycles. The van der Waals surface area contributed by atoms with E-state index >= 15 is 0 Å². The largest absolute Gasteiger partial charge is 0.433 e. The molecule has 1 rings (SSSR count). The Bertz CT molecular complexity index is 486. The van der Waals surface area contributed by atoms with Gasteiger partial charge in [0, 0.05) is 10.7 Å². The van der Waals surface area contributed by atoms with Gasteiger partial charge in [0.15, 0.2) is 0 Å². The fraction of sp³-hybridized carbons (Fsp3) is 0.167. The first-order valence-corrected chi connectivity index (χ1v) is 5.99. The second-order valence-electron chi connectivity index (χ2n) is 2.45. The minimum Gasteiger partial charge on any atom is -0.232 e. The number of hydrogen-bond donors (Lipinski definition) is 0. The average Bonchev–Trinajstić information content (AvgIpc) is 1.99. The molecule has 0 atom stereocenters. The lowest BCUT2D eigenvalue weighted by atomic mass is 10.3. The molecule has 0 spiro atoms. The normalized spacial score (nSPS) is 12.9. The van der Waals surface area contributed by atoms with Crippen molar-refractivity contribution in [2.45, 2.75) is 11.1 Å². The number of nitrogens with zero attached hydrogens (tertiary/aromatic N) is 1. The van der Waals surface area contributed by atoms with Crippen LogP contribution in [0.25, 0.3) is 0 Å². The van der Waals surface area contributed by atoms with E-state index in [1.807, 2.05) is 0 Å². The molecule has 0 amide bonds. The van der Waals surface area contributed by atoms with Crippen molar-refractivity contribution in [3.8, 4) is 0 Å². The van der Waals surface area contributed by atoms with Gasteiger partial charge in [-0.3, -0.25) is 0 Å². The number of halogens is 5. The molecule has 0 unspecified atom stereocenters. The Hall–Kier alpha value is -0.530. The van der Waals surface area contributed by atoms with Gasteiger partial charge in [-0.15, -0.1) is 0 Å². The van der Waals surface area contributed by atoms with Crippen LogP contribution in [-0.2, 0) is 15.2 Å². The highest BCUT2D eigenvalue weighted by Crippen LogP contribution is 2.31. The number of hydrogen-bond acceptors (Lipinski definition) is 3. The lowest BCUT2D eigenvalue weighted by Gasteiger charge is -2.06. The summed E-state index contributed by atoms with van der Waals surface area (Å²) in [7, 11) is 0.611. The number of alkyl halides is 3. The monoisotopic (exact) mass is 279 g/mol. The van der Waals surface area contributed by atoms with Gasteiger partial charge in [-0.05, 0) is 12.1 Å². The van der Waals surface area contributed by atoms with E-state index in [0.717, 1.165) is 6.07 Å². The number of pyridine rings is 1. The Morgan fingerprint density at radius 2 is 1.80 bits per heavy atom. The van der Waals surface area contributed by atoms with Crippen LogP contribution >= 0.6 is 22.3 Å². The SMILES string of the molecule is O=S(=O)(Cl)c1cc(Cl)nc(C(F)(F)F)c1. The lowest BCUT2D eigenvalue weighted by Crippen LogP contribution is -2.09. The van der Waals surface area contributed by atoms with Gasteiger partial charge in [0.1, 0.15) is 10.8 Å². The van der Waals surface area contributed by atoms with Crippen LogP contribution in [0.3, 0.4) is 0 Å². The standard InChI is InChI=1S/C6H2Cl2F3NO2S/c7-5-2-3(15(8,13)14)1-4(12-5)6(9,10)11/h1-2H. The molecule has 3 nitrogen and oxygen atoms in total. The van der Waals surface area contributed by atoms with E-state index in [1.54, 1.807) is 0 Å². The van der Waals surface area contributed by atoms with Gasteiger partial charge in [-0.2, -0.15) is 13.2 Å². The summed E-state index contributed by atoms with van der Waals surface area (Å²) in [5, 5.41) is -0.593. The average molecular weight is 280 g/mol. The molecule has 0 saturated carbocycles. The Morgan fingerprint density at radius 1 is 1.27 bits per heavy atom. The second-order valence-corrected chi connectivity index (χ2v) is 5.40. The van der Waals surface area contributed by atoms with Crippen LogP contribution < -0.4 is 0 Å². The molecule has 0 radical (unpaired) electrons. The fourth-order valence-corrected chi connectivity index (χ4v) is 1.80. The maximum absolute atomic E-state index is 12.2. The van der Waals surface area contributed by atoms with Gasteiger partial charge in [0.05, 0.1) is 4.90 Å². The first-order valence-electron chi connectivity index (χ1n) is 3.30. The Kier molecular flexibility index (Phi) is 3.18. The smallest absolute Gasteiger partial charge is 0.232 e. The van der Waals surface area contributed by atoms with Crippen LogP contribution in [0.15, 0.2) is 17.0 Å². The molecule has 0 fully saturated rings. The third-order valence-corrected chi connectivity index (χ3v) is 2.87. The summed E-state index contributed by atoms with van der Waals surface area (Å²) in [6.07, 6.45) is -4.78. The van der Waals surface area contributed by atoms with Gasteiger partial charge in [0.25, 0.3) is 9.05 Å². The molecule has 9 heteroatoms. The molecule has 0 aliphatic carbocycles. The van der Waals surface area contributed by atoms with Crippen LogP contribution in [0.1, 0.15) is 5.69 Å². The molecular formula is C6H2Cl2F3NO2S. The van der Waals surface area contributed by atoms with Gasteiger partial charge in [-0.25, -0.2) is 13.4 Å². The first-order chi connectivity index (χ1) is 6.60. The summed E-state index contributed by atoms with van der Waals surface area (Å²) in [6, 6.07) is 1.05. The number of aromatic nitrogens is 1. The zero-order valence-electron chi connectivity index (χ0n) is 6.72. The topological polar surface area (TPSA) is 47.0 Å². The van der Waals surface area contributed by atoms with Crippen LogP contribution in [0, 0.1) is 0 Å². The van der Waals surface area contributed by atoms with Gasteiger partial charge < -0.3 is 0 Å². The maximum Gasteiger partial charge on any atom is 0.433 e. The first kappa shape index (κ1) is 12.5. The third-order valence-electron chi connectivity index (χ3n) is 1.34. The van der Waals surface area contributed by atoms with E-state index in [0.29, 0.717) is 6.07 Å². The molecule has 15 heavy (non-hydrogen) atoms. The molecule has 1 aromatic rings. The minimum atomic E-state index is -4.78. The Balaban J connectivity index is 3.43. The third kappa shape index (κ3) is 3.22. The molecule has 0 aliphatic heterocycles. The summed E-state index contributed by atoms with van der Waals surface area (Å²) < 4.78 is 58.1. The van der Waals surface area contributed by atoms with Crippen molar-refractivity contribution in [2.75, 3.05) is 0 Å². The van der Waals surface area contributed by atoms with Crippen molar-refractivity contribution < 1.29 is 21.6 Å². The molecule has 0 saturated heterocycles. The summed E-state index contributed by atoms with van der Waals surface area (Å²) >= 11 is 5.23. The fourth-order valence-electron chi connectivity index (χ4n) is 0.759. The molecule has 0 aliphatic rings. The Labute approximate surface area is 92.2 Å². The van der Waals surface area contributed by atoms with Crippen molar-refractivity contribution in [2.24, 2.45) is 0 Å². The summed E-state index contributed by atoms with van der Waals surface area (Å²) in [5.41, 5.74) is -1.41. The second kappa shape index (κ2) is 3.80. The summed E-state index contributed by atoms with van der Waals surface area (Å²) in [6.45, 7) is 0. The quantitative estimate of drug-likeness (QED) is 0.587. The lowest BCUT2D eigenvalue weighted by molar-refractivity contribution is -0.141. The maximum atomic E-state index is 12.2. The van der Waals surface area contributed by atoms with Crippen LogP contribution in [-0.4, -0.2) is 13.4 Å². The Morgan fingerprint density at radius 3 is 2.20 bits per heavy atom. The summed E-state index contributed by atoms with van der Waals surface area (Å²) in [5.74, 6) is 0. The van der Waals surface area contributed by atoms with E-state index in [2.05, 4.69) is 4.98 Å². The van der Waals surface area contributed by atoms with Crippen molar-refractivity contribution in [1.82, 2.24) is 4.98 Å². The molecule has 0 N–H and O–H groups in total. The number of rotatable bonds is 1. The highest BCUT2D eigenvalue weighted by atomic mass is 35.7. The van der Waals surface area contributed by atoms with E-state index in [1.165, 1.54) is 0 Å².